The molecule has 0 spiro atoms. The number of carbonyl (C=O) groups excluding carboxylic acids is 1. The average Bonchev–Trinajstić information content (AvgIpc) is 2.89. The third-order valence-electron chi connectivity index (χ3n) is 2.77. The molecule has 1 heterocycles. The first kappa shape index (κ1) is 14.9. The summed E-state index contributed by atoms with van der Waals surface area (Å²) in [6.07, 6.45) is 1.46. The molecule has 1 unspecified atom stereocenters. The van der Waals surface area contributed by atoms with Crippen molar-refractivity contribution in [3.05, 3.63) is 58.0 Å². The SMILES string of the molecule is CC(O)(CNC(=O)c1cc(Cl)cc(Cl)c1)c1ccco1. The van der Waals surface area contributed by atoms with Gasteiger partial charge < -0.3 is 14.8 Å². The molecule has 1 aromatic heterocycles. The van der Waals surface area contributed by atoms with Crippen LogP contribution in [0.4, 0.5) is 0 Å². The Kier molecular flexibility index (Phi) is 4.38. The van der Waals surface area contributed by atoms with Crippen LogP contribution in [-0.2, 0) is 5.60 Å². The Morgan fingerprint density at radius 1 is 1.35 bits per heavy atom. The van der Waals surface area contributed by atoms with E-state index in [-0.39, 0.29) is 12.5 Å². The molecule has 0 saturated carbocycles. The zero-order valence-electron chi connectivity index (χ0n) is 10.7. The summed E-state index contributed by atoms with van der Waals surface area (Å²) in [6.45, 7) is 1.56. The second-order valence-electron chi connectivity index (χ2n) is 4.59. The van der Waals surface area contributed by atoms with Crippen molar-refractivity contribution >= 4 is 29.1 Å². The van der Waals surface area contributed by atoms with Gasteiger partial charge >= 0.3 is 0 Å². The van der Waals surface area contributed by atoms with Crippen molar-refractivity contribution in [2.45, 2.75) is 12.5 Å². The highest BCUT2D eigenvalue weighted by Gasteiger charge is 2.27. The van der Waals surface area contributed by atoms with Crippen molar-refractivity contribution < 1.29 is 14.3 Å². The van der Waals surface area contributed by atoms with E-state index in [1.165, 1.54) is 18.4 Å². The lowest BCUT2D eigenvalue weighted by Crippen LogP contribution is -2.38. The number of nitrogens with one attached hydrogen (secondary N) is 1. The first-order chi connectivity index (χ1) is 9.38. The van der Waals surface area contributed by atoms with Crippen LogP contribution < -0.4 is 5.32 Å². The minimum atomic E-state index is -1.29. The second-order valence-corrected chi connectivity index (χ2v) is 5.46. The number of hydrogen-bond acceptors (Lipinski definition) is 3. The van der Waals surface area contributed by atoms with Crippen LogP contribution in [0.15, 0.2) is 41.0 Å². The smallest absolute Gasteiger partial charge is 0.251 e. The quantitative estimate of drug-likeness (QED) is 0.911. The van der Waals surface area contributed by atoms with Crippen LogP contribution in [0, 0.1) is 0 Å². The Balaban J connectivity index is 2.05. The monoisotopic (exact) mass is 313 g/mol. The van der Waals surface area contributed by atoms with Crippen molar-refractivity contribution in [3.8, 4) is 0 Å². The fraction of sp³-hybridized carbons (Fsp3) is 0.214. The molecule has 1 atom stereocenters. The van der Waals surface area contributed by atoms with Gasteiger partial charge in [-0.3, -0.25) is 4.79 Å². The molecule has 0 bridgehead atoms. The number of rotatable bonds is 4. The highest BCUT2D eigenvalue weighted by Crippen LogP contribution is 2.21. The predicted molar refractivity (Wildman–Crippen MR) is 77.1 cm³/mol. The van der Waals surface area contributed by atoms with Crippen LogP contribution in [0.2, 0.25) is 10.0 Å². The molecule has 20 heavy (non-hydrogen) atoms. The third-order valence-corrected chi connectivity index (χ3v) is 3.21. The first-order valence-electron chi connectivity index (χ1n) is 5.89. The van der Waals surface area contributed by atoms with Gasteiger partial charge in [-0.05, 0) is 37.3 Å². The van der Waals surface area contributed by atoms with Crippen LogP contribution in [0.1, 0.15) is 23.0 Å². The number of furan rings is 1. The van der Waals surface area contributed by atoms with Crippen molar-refractivity contribution in [1.82, 2.24) is 5.32 Å². The Bertz CT molecular complexity index is 589. The maximum atomic E-state index is 12.0. The van der Waals surface area contributed by atoms with Gasteiger partial charge in [0, 0.05) is 15.6 Å². The maximum absolute atomic E-state index is 12.0. The van der Waals surface area contributed by atoms with Gasteiger partial charge in [-0.15, -0.1) is 0 Å². The minimum absolute atomic E-state index is 0.00345. The molecule has 0 aliphatic rings. The lowest BCUT2D eigenvalue weighted by Gasteiger charge is -2.21. The van der Waals surface area contributed by atoms with Crippen LogP contribution in [0.25, 0.3) is 0 Å². The van der Waals surface area contributed by atoms with Gasteiger partial charge in [-0.25, -0.2) is 0 Å². The molecular weight excluding hydrogens is 301 g/mol. The molecule has 0 radical (unpaired) electrons. The van der Waals surface area contributed by atoms with Gasteiger partial charge in [0.1, 0.15) is 11.4 Å². The van der Waals surface area contributed by atoms with Gasteiger partial charge in [-0.1, -0.05) is 23.2 Å². The summed E-state index contributed by atoms with van der Waals surface area (Å²) in [6, 6.07) is 7.86. The third kappa shape index (κ3) is 3.54. The highest BCUT2D eigenvalue weighted by molar-refractivity contribution is 6.35. The van der Waals surface area contributed by atoms with E-state index in [9.17, 15) is 9.90 Å². The molecule has 0 fully saturated rings. The summed E-state index contributed by atoms with van der Waals surface area (Å²) in [5, 5.41) is 13.6. The summed E-state index contributed by atoms with van der Waals surface area (Å²) in [7, 11) is 0. The first-order valence-corrected chi connectivity index (χ1v) is 6.65. The Morgan fingerprint density at radius 2 is 2.00 bits per heavy atom. The number of carbonyl (C=O) groups is 1. The number of halogens is 2. The number of amides is 1. The van der Waals surface area contributed by atoms with Crippen molar-refractivity contribution in [2.75, 3.05) is 6.54 Å². The molecule has 2 aromatic rings. The zero-order valence-corrected chi connectivity index (χ0v) is 12.2. The van der Waals surface area contributed by atoms with Gasteiger partial charge in [0.2, 0.25) is 0 Å². The zero-order chi connectivity index (χ0) is 14.8. The summed E-state index contributed by atoms with van der Waals surface area (Å²) >= 11 is 11.7. The lowest BCUT2D eigenvalue weighted by molar-refractivity contribution is 0.0330. The van der Waals surface area contributed by atoms with E-state index in [0.717, 1.165) is 0 Å². The van der Waals surface area contributed by atoms with E-state index in [1.807, 2.05) is 0 Å². The number of benzene rings is 1. The Labute approximate surface area is 126 Å². The fourth-order valence-corrected chi connectivity index (χ4v) is 2.24. The van der Waals surface area contributed by atoms with Crippen LogP contribution in [-0.4, -0.2) is 17.6 Å². The summed E-state index contributed by atoms with van der Waals surface area (Å²) in [5.74, 6) is 0.00292. The largest absolute Gasteiger partial charge is 0.466 e. The maximum Gasteiger partial charge on any atom is 0.251 e. The molecular formula is C14H13Cl2NO3. The highest BCUT2D eigenvalue weighted by atomic mass is 35.5. The Hall–Kier alpha value is -1.49. The lowest BCUT2D eigenvalue weighted by atomic mass is 10.0. The molecule has 0 saturated heterocycles. The average molecular weight is 314 g/mol. The topological polar surface area (TPSA) is 62.5 Å². The molecule has 2 N–H and O–H groups in total. The molecule has 106 valence electrons. The van der Waals surface area contributed by atoms with Gasteiger partial charge in [0.25, 0.3) is 5.91 Å². The molecule has 0 aliphatic heterocycles. The fourth-order valence-electron chi connectivity index (χ4n) is 1.71. The second kappa shape index (κ2) is 5.87. The van der Waals surface area contributed by atoms with E-state index in [0.29, 0.717) is 21.4 Å². The summed E-state index contributed by atoms with van der Waals surface area (Å²) in [5.41, 5.74) is -0.959. The normalized spacial score (nSPS) is 13.8. The van der Waals surface area contributed by atoms with Crippen LogP contribution in [0.5, 0.6) is 0 Å². The molecule has 1 amide bonds. The van der Waals surface area contributed by atoms with Gasteiger partial charge in [-0.2, -0.15) is 0 Å². The summed E-state index contributed by atoms with van der Waals surface area (Å²) < 4.78 is 5.13. The van der Waals surface area contributed by atoms with Crippen molar-refractivity contribution in [3.63, 3.8) is 0 Å². The van der Waals surface area contributed by atoms with Crippen molar-refractivity contribution in [1.29, 1.82) is 0 Å². The summed E-state index contributed by atoms with van der Waals surface area (Å²) in [4.78, 5) is 12.0. The van der Waals surface area contributed by atoms with Crippen LogP contribution in [0.3, 0.4) is 0 Å². The van der Waals surface area contributed by atoms with Crippen molar-refractivity contribution in [2.24, 2.45) is 0 Å². The van der Waals surface area contributed by atoms with Gasteiger partial charge in [0.15, 0.2) is 0 Å². The minimum Gasteiger partial charge on any atom is -0.466 e. The van der Waals surface area contributed by atoms with E-state index in [2.05, 4.69) is 5.32 Å². The standard InChI is InChI=1S/C14H13Cl2NO3/c1-14(19,12-3-2-4-20-12)8-17-13(18)9-5-10(15)7-11(16)6-9/h2-7,19H,8H2,1H3,(H,17,18). The van der Waals surface area contributed by atoms with E-state index >= 15 is 0 Å². The molecule has 2 rings (SSSR count). The van der Waals surface area contributed by atoms with Crippen LogP contribution >= 0.6 is 23.2 Å². The predicted octanol–water partition coefficient (Wildman–Crippen LogP) is 3.22. The number of hydrogen-bond donors (Lipinski definition) is 2. The molecule has 6 heteroatoms. The number of aliphatic hydroxyl groups is 1. The molecule has 4 nitrogen and oxygen atoms in total. The van der Waals surface area contributed by atoms with E-state index in [1.54, 1.807) is 25.1 Å². The van der Waals surface area contributed by atoms with E-state index in [4.69, 9.17) is 27.6 Å². The molecule has 1 aromatic carbocycles. The molecule has 0 aliphatic carbocycles. The van der Waals surface area contributed by atoms with E-state index < -0.39 is 5.60 Å². The Morgan fingerprint density at radius 3 is 2.55 bits per heavy atom. The van der Waals surface area contributed by atoms with Gasteiger partial charge in [0.05, 0.1) is 12.8 Å².